The van der Waals surface area contributed by atoms with E-state index >= 15 is 0 Å². The van der Waals surface area contributed by atoms with Gasteiger partial charge in [0.2, 0.25) is 0 Å². The highest BCUT2D eigenvalue weighted by Crippen LogP contribution is 2.47. The van der Waals surface area contributed by atoms with Crippen LogP contribution in [0.4, 0.5) is 0 Å². The van der Waals surface area contributed by atoms with Crippen LogP contribution in [0.1, 0.15) is 43.2 Å². The monoisotopic (exact) mass is 328 g/mol. The summed E-state index contributed by atoms with van der Waals surface area (Å²) >= 11 is 0. The molecule has 0 radical (unpaired) electrons. The van der Waals surface area contributed by atoms with Gasteiger partial charge in [0.25, 0.3) is 0 Å². The number of aryl methyl sites for hydroxylation is 1. The van der Waals surface area contributed by atoms with E-state index in [2.05, 4.69) is 31.2 Å². The van der Waals surface area contributed by atoms with Crippen LogP contribution in [0.3, 0.4) is 0 Å². The molecule has 4 rings (SSSR count). The van der Waals surface area contributed by atoms with Crippen LogP contribution in [0.2, 0.25) is 0 Å². The van der Waals surface area contributed by atoms with Gasteiger partial charge in [-0.2, -0.15) is 0 Å². The normalized spacial score (nSPS) is 28.2. The molecule has 0 spiro atoms. The molecule has 1 saturated heterocycles. The number of benzene rings is 1. The average Bonchev–Trinajstić information content (AvgIpc) is 3.00. The summed E-state index contributed by atoms with van der Waals surface area (Å²) < 4.78 is 22.4. The van der Waals surface area contributed by atoms with Crippen molar-refractivity contribution in [2.75, 3.05) is 21.0 Å². The molecule has 2 aliphatic carbocycles. The smallest absolute Gasteiger partial charge is 0.189 e. The van der Waals surface area contributed by atoms with Gasteiger partial charge in [-0.15, -0.1) is 0 Å². The zero-order valence-corrected chi connectivity index (χ0v) is 14.6. The summed E-state index contributed by atoms with van der Waals surface area (Å²) in [5.41, 5.74) is 3.84. The summed E-state index contributed by atoms with van der Waals surface area (Å²) in [5.74, 6) is 2.99. The summed E-state index contributed by atoms with van der Waals surface area (Å²) in [4.78, 5) is 0. The van der Waals surface area contributed by atoms with Crippen LogP contribution in [0.5, 0.6) is 11.5 Å². The van der Waals surface area contributed by atoms with Crippen LogP contribution < -0.4 is 9.47 Å². The third-order valence-electron chi connectivity index (χ3n) is 5.51. The molecular weight excluding hydrogens is 304 g/mol. The minimum Gasteiger partial charge on any atom is -0.493 e. The van der Waals surface area contributed by atoms with Crippen molar-refractivity contribution in [3.05, 3.63) is 46.7 Å². The van der Waals surface area contributed by atoms with E-state index in [9.17, 15) is 0 Å². The highest BCUT2D eigenvalue weighted by molar-refractivity contribution is 5.52. The quantitative estimate of drug-likeness (QED) is 0.837. The van der Waals surface area contributed by atoms with Crippen LogP contribution in [0.15, 0.2) is 35.6 Å². The van der Waals surface area contributed by atoms with Crippen molar-refractivity contribution < 1.29 is 18.9 Å². The predicted molar refractivity (Wildman–Crippen MR) is 91.5 cm³/mol. The van der Waals surface area contributed by atoms with Gasteiger partial charge in [0.1, 0.15) is 11.4 Å². The van der Waals surface area contributed by atoms with Gasteiger partial charge in [-0.25, -0.2) is 0 Å². The molecule has 24 heavy (non-hydrogen) atoms. The fourth-order valence-corrected chi connectivity index (χ4v) is 4.19. The number of hydrogen-bond donors (Lipinski definition) is 0. The molecule has 0 saturated carbocycles. The van der Waals surface area contributed by atoms with E-state index in [0.717, 1.165) is 36.5 Å². The molecule has 128 valence electrons. The summed E-state index contributed by atoms with van der Waals surface area (Å²) in [5, 5.41) is 0. The molecule has 1 aromatic carbocycles. The Morgan fingerprint density at radius 3 is 2.71 bits per heavy atom. The molecule has 0 bridgehead atoms. The van der Waals surface area contributed by atoms with Crippen molar-refractivity contribution in [1.82, 2.24) is 0 Å². The maximum Gasteiger partial charge on any atom is 0.189 e. The molecule has 2 atom stereocenters. The van der Waals surface area contributed by atoms with E-state index < -0.39 is 0 Å². The first-order valence-corrected chi connectivity index (χ1v) is 8.57. The average molecular weight is 328 g/mol. The first kappa shape index (κ1) is 15.6. The molecule has 4 nitrogen and oxygen atoms in total. The number of fused-ring (bicyclic) bond motifs is 2. The molecule has 1 aromatic rings. The molecule has 4 heteroatoms. The molecule has 0 N–H and O–H groups in total. The first-order chi connectivity index (χ1) is 11.6. The molecule has 2 unspecified atom stereocenters. The number of allylic oxidation sites excluding steroid dienone is 2. The van der Waals surface area contributed by atoms with E-state index in [0.29, 0.717) is 12.7 Å². The van der Waals surface area contributed by atoms with E-state index in [1.165, 1.54) is 23.1 Å². The number of rotatable bonds is 3. The largest absolute Gasteiger partial charge is 0.493 e. The Hall–Kier alpha value is -1.94. The van der Waals surface area contributed by atoms with Gasteiger partial charge in [-0.1, -0.05) is 11.6 Å². The minimum absolute atomic E-state index is 0.307. The van der Waals surface area contributed by atoms with Crippen molar-refractivity contribution in [3.8, 4) is 11.5 Å². The second-order valence-electron chi connectivity index (χ2n) is 6.94. The molecule has 3 aliphatic rings. The Morgan fingerprint density at radius 1 is 1.12 bits per heavy atom. The fraction of sp³-hybridized carbons (Fsp3) is 0.500. The highest BCUT2D eigenvalue weighted by Gasteiger charge is 2.41. The second kappa shape index (κ2) is 5.85. The van der Waals surface area contributed by atoms with Crippen LogP contribution in [-0.2, 0) is 15.9 Å². The van der Waals surface area contributed by atoms with Crippen LogP contribution in [-0.4, -0.2) is 26.6 Å². The van der Waals surface area contributed by atoms with Crippen molar-refractivity contribution in [3.63, 3.8) is 0 Å². The molecule has 0 amide bonds. The van der Waals surface area contributed by atoms with Crippen molar-refractivity contribution in [2.45, 2.75) is 44.1 Å². The molecule has 1 fully saturated rings. The van der Waals surface area contributed by atoms with Gasteiger partial charge in [-0.3, -0.25) is 0 Å². The van der Waals surface area contributed by atoms with Crippen LogP contribution in [0.25, 0.3) is 0 Å². The summed E-state index contributed by atoms with van der Waals surface area (Å²) in [6.07, 6.45) is 8.64. The third-order valence-corrected chi connectivity index (χ3v) is 5.51. The molecular formula is C20H24O4. The van der Waals surface area contributed by atoms with Gasteiger partial charge < -0.3 is 18.9 Å². The Bertz CT molecular complexity index is 719. The van der Waals surface area contributed by atoms with Crippen LogP contribution >= 0.6 is 0 Å². The zero-order valence-electron chi connectivity index (χ0n) is 14.6. The van der Waals surface area contributed by atoms with Crippen molar-refractivity contribution in [2.24, 2.45) is 0 Å². The molecule has 1 aliphatic heterocycles. The topological polar surface area (TPSA) is 36.9 Å². The lowest BCUT2D eigenvalue weighted by Gasteiger charge is -2.34. The Morgan fingerprint density at radius 2 is 1.92 bits per heavy atom. The SMILES string of the molecule is COc1cc2c(cc1OC)C(C1=CC=C3OCOC3(C)C1)CCC2. The lowest BCUT2D eigenvalue weighted by atomic mass is 9.74. The number of hydrogen-bond acceptors (Lipinski definition) is 4. The van der Waals surface area contributed by atoms with Crippen molar-refractivity contribution in [1.29, 1.82) is 0 Å². The lowest BCUT2D eigenvalue weighted by Crippen LogP contribution is -2.30. The molecule has 0 aromatic heterocycles. The van der Waals surface area contributed by atoms with Crippen LogP contribution in [0, 0.1) is 0 Å². The summed E-state index contributed by atoms with van der Waals surface area (Å²) in [6.45, 7) is 2.48. The zero-order chi connectivity index (χ0) is 16.7. The lowest BCUT2D eigenvalue weighted by molar-refractivity contribution is 0.00197. The fourth-order valence-electron chi connectivity index (χ4n) is 4.19. The minimum atomic E-state index is -0.307. The Labute approximate surface area is 143 Å². The van der Waals surface area contributed by atoms with E-state index in [1.54, 1.807) is 14.2 Å². The Kier molecular flexibility index (Phi) is 3.80. The van der Waals surface area contributed by atoms with E-state index in [-0.39, 0.29) is 5.60 Å². The maximum absolute atomic E-state index is 5.86. The van der Waals surface area contributed by atoms with Gasteiger partial charge in [0, 0.05) is 12.3 Å². The van der Waals surface area contributed by atoms with Gasteiger partial charge in [0.05, 0.1) is 14.2 Å². The van der Waals surface area contributed by atoms with Gasteiger partial charge in [-0.05, 0) is 55.5 Å². The second-order valence-corrected chi connectivity index (χ2v) is 6.94. The third kappa shape index (κ3) is 2.40. The number of ether oxygens (including phenoxy) is 4. The summed E-state index contributed by atoms with van der Waals surface area (Å²) in [7, 11) is 3.39. The maximum atomic E-state index is 5.86. The van der Waals surface area contributed by atoms with Gasteiger partial charge >= 0.3 is 0 Å². The summed E-state index contributed by atoms with van der Waals surface area (Å²) in [6, 6.07) is 4.30. The predicted octanol–water partition coefficient (Wildman–Crippen LogP) is 4.10. The van der Waals surface area contributed by atoms with E-state index in [4.69, 9.17) is 18.9 Å². The highest BCUT2D eigenvalue weighted by atomic mass is 16.7. The van der Waals surface area contributed by atoms with E-state index in [1.807, 2.05) is 0 Å². The first-order valence-electron chi connectivity index (χ1n) is 8.57. The van der Waals surface area contributed by atoms with Gasteiger partial charge in [0.15, 0.2) is 18.3 Å². The number of methoxy groups -OCH3 is 2. The Balaban J connectivity index is 1.72. The molecule has 1 heterocycles. The standard InChI is InChI=1S/C20H24O4/c1-20-11-14(7-8-19(20)23-12-24-20)15-6-4-5-13-9-17(21-2)18(22-3)10-16(13)15/h7-10,15H,4-6,11-12H2,1-3H3. The van der Waals surface area contributed by atoms with Crippen molar-refractivity contribution >= 4 is 0 Å².